The fraction of sp³-hybridized carbons (Fsp3) is 0.273. The van der Waals surface area contributed by atoms with Crippen LogP contribution in [0.15, 0.2) is 53.4 Å². The Bertz CT molecular complexity index is 1360. The number of ether oxygens (including phenoxy) is 1. The molecule has 3 aromatic rings. The number of para-hydroxylation sites is 1. The van der Waals surface area contributed by atoms with Crippen LogP contribution in [0.3, 0.4) is 0 Å². The molecule has 2 aromatic carbocycles. The van der Waals surface area contributed by atoms with E-state index in [2.05, 4.69) is 20.2 Å². The second kappa shape index (κ2) is 9.96. The zero-order valence-electron chi connectivity index (χ0n) is 18.8. The van der Waals surface area contributed by atoms with Crippen LogP contribution < -0.4 is 10.3 Å². The predicted molar refractivity (Wildman–Crippen MR) is 120 cm³/mol. The minimum absolute atomic E-state index is 0.0619. The number of alkyl halides is 3. The Labute approximate surface area is 198 Å². The minimum atomic E-state index is -5.38. The molecule has 9 nitrogen and oxygen atoms in total. The van der Waals surface area contributed by atoms with Crippen molar-refractivity contribution in [3.63, 3.8) is 0 Å². The number of aromatic nitrogens is 2. The lowest BCUT2D eigenvalue weighted by Crippen LogP contribution is -2.37. The monoisotopic (exact) mass is 510 g/mol. The van der Waals surface area contributed by atoms with Crippen LogP contribution in [0.2, 0.25) is 0 Å². The van der Waals surface area contributed by atoms with E-state index in [1.54, 1.807) is 25.1 Å². The largest absolute Gasteiger partial charge is 0.462 e. The molecule has 1 atom stereocenters. The molecule has 0 aliphatic rings. The summed E-state index contributed by atoms with van der Waals surface area (Å²) in [6.45, 7) is 4.59. The van der Waals surface area contributed by atoms with Crippen molar-refractivity contribution in [3.05, 3.63) is 59.9 Å². The second-order valence-corrected chi connectivity index (χ2v) is 9.45. The van der Waals surface area contributed by atoms with E-state index in [-0.39, 0.29) is 21.6 Å². The molecule has 3 rings (SSSR count). The van der Waals surface area contributed by atoms with Crippen molar-refractivity contribution < 1.29 is 35.9 Å². The average molecular weight is 510 g/mol. The SMILES string of the molecule is Cc1ccc(S(=O)(=O)NNc2nc(C(C(=O)OC(C)C)C(=O)C(F)(F)F)nc3ccccc23)cc1. The van der Waals surface area contributed by atoms with Crippen molar-refractivity contribution in [2.24, 2.45) is 0 Å². The molecule has 186 valence electrons. The van der Waals surface area contributed by atoms with Gasteiger partial charge in [0, 0.05) is 5.39 Å². The summed E-state index contributed by atoms with van der Waals surface area (Å²) in [6.07, 6.45) is -6.19. The van der Waals surface area contributed by atoms with Gasteiger partial charge in [-0.25, -0.2) is 18.4 Å². The Morgan fingerprint density at radius 3 is 2.23 bits per heavy atom. The van der Waals surface area contributed by atoms with E-state index < -0.39 is 45.8 Å². The van der Waals surface area contributed by atoms with Crippen molar-refractivity contribution in [1.82, 2.24) is 14.8 Å². The summed E-state index contributed by atoms with van der Waals surface area (Å²) in [4.78, 5) is 34.5. The summed E-state index contributed by atoms with van der Waals surface area (Å²) < 4.78 is 70.0. The van der Waals surface area contributed by atoms with Gasteiger partial charge < -0.3 is 4.74 Å². The molecule has 0 saturated carbocycles. The number of esters is 1. The average Bonchev–Trinajstić information content (AvgIpc) is 2.77. The number of ketones is 1. The van der Waals surface area contributed by atoms with E-state index in [0.29, 0.717) is 0 Å². The first-order chi connectivity index (χ1) is 16.3. The number of halogens is 3. The first-order valence-electron chi connectivity index (χ1n) is 10.2. The Hall–Kier alpha value is -3.58. The van der Waals surface area contributed by atoms with Crippen LogP contribution in [0.4, 0.5) is 19.0 Å². The van der Waals surface area contributed by atoms with Gasteiger partial charge in [0.1, 0.15) is 0 Å². The van der Waals surface area contributed by atoms with Crippen LogP contribution in [0.25, 0.3) is 10.9 Å². The highest BCUT2D eigenvalue weighted by molar-refractivity contribution is 7.89. The summed E-state index contributed by atoms with van der Waals surface area (Å²) in [5.41, 5.74) is 3.25. The van der Waals surface area contributed by atoms with E-state index >= 15 is 0 Å². The molecule has 0 radical (unpaired) electrons. The van der Waals surface area contributed by atoms with E-state index in [4.69, 9.17) is 4.74 Å². The number of anilines is 1. The molecule has 0 aliphatic heterocycles. The van der Waals surface area contributed by atoms with Gasteiger partial charge in [-0.15, -0.1) is 4.83 Å². The Kier molecular flexibility index (Phi) is 7.41. The number of nitrogens with zero attached hydrogens (tertiary/aromatic N) is 2. The Balaban J connectivity index is 2.06. The van der Waals surface area contributed by atoms with Crippen molar-refractivity contribution in [1.29, 1.82) is 0 Å². The first kappa shape index (κ1) is 26.0. The summed E-state index contributed by atoms with van der Waals surface area (Å²) in [7, 11) is -4.11. The normalized spacial score (nSPS) is 13.0. The minimum Gasteiger partial charge on any atom is -0.462 e. The molecular formula is C22H21F3N4O5S. The highest BCUT2D eigenvalue weighted by atomic mass is 32.2. The third-order valence-corrected chi connectivity index (χ3v) is 5.91. The molecule has 0 saturated heterocycles. The van der Waals surface area contributed by atoms with Crippen molar-refractivity contribution in [2.75, 3.05) is 5.43 Å². The molecule has 35 heavy (non-hydrogen) atoms. The third-order valence-electron chi connectivity index (χ3n) is 4.64. The van der Waals surface area contributed by atoms with Crippen LogP contribution in [-0.2, 0) is 24.3 Å². The smallest absolute Gasteiger partial charge is 0.451 e. The molecule has 13 heteroatoms. The first-order valence-corrected chi connectivity index (χ1v) is 11.7. The van der Waals surface area contributed by atoms with E-state index in [9.17, 15) is 31.2 Å². The molecule has 0 amide bonds. The second-order valence-electron chi connectivity index (χ2n) is 7.77. The molecule has 0 bridgehead atoms. The van der Waals surface area contributed by atoms with Crippen LogP contribution in [-0.4, -0.2) is 42.4 Å². The van der Waals surface area contributed by atoms with E-state index in [0.717, 1.165) is 5.56 Å². The molecule has 2 N–H and O–H groups in total. The number of nitrogens with one attached hydrogen (secondary N) is 2. The quantitative estimate of drug-likeness (QED) is 0.268. The number of sulfonamides is 1. The molecular weight excluding hydrogens is 489 g/mol. The number of hydrazine groups is 1. The Morgan fingerprint density at radius 1 is 1.00 bits per heavy atom. The molecule has 0 spiro atoms. The van der Waals surface area contributed by atoms with E-state index in [1.807, 2.05) is 0 Å². The van der Waals surface area contributed by atoms with Gasteiger partial charge in [0.15, 0.2) is 17.6 Å². The molecule has 0 fully saturated rings. The number of benzene rings is 2. The zero-order chi connectivity index (χ0) is 26.0. The maximum Gasteiger partial charge on any atom is 0.451 e. The highest BCUT2D eigenvalue weighted by Crippen LogP contribution is 2.30. The fourth-order valence-corrected chi connectivity index (χ4v) is 3.85. The van der Waals surface area contributed by atoms with Gasteiger partial charge in [-0.05, 0) is 45.0 Å². The van der Waals surface area contributed by atoms with Gasteiger partial charge in [-0.1, -0.05) is 29.8 Å². The maximum absolute atomic E-state index is 13.3. The van der Waals surface area contributed by atoms with Crippen LogP contribution in [0, 0.1) is 6.92 Å². The number of carbonyl (C=O) groups is 2. The molecule has 1 aromatic heterocycles. The topological polar surface area (TPSA) is 127 Å². The number of Topliss-reactive ketones (excluding diaryl/α,β-unsaturated/α-hetero) is 1. The van der Waals surface area contributed by atoms with Crippen LogP contribution in [0.1, 0.15) is 31.2 Å². The standard InChI is InChI=1S/C22H21F3N4O5S/c1-12(2)34-21(31)17(18(30)22(23,24)25)20-26-16-7-5-4-6-15(16)19(27-20)28-29-35(32,33)14-10-8-13(3)9-11-14/h4-12,17,29H,1-3H3,(H,26,27,28). The summed E-state index contributed by atoms with van der Waals surface area (Å²) in [5, 5.41) is 0.221. The van der Waals surface area contributed by atoms with Crippen LogP contribution >= 0.6 is 0 Å². The van der Waals surface area contributed by atoms with Crippen LogP contribution in [0.5, 0.6) is 0 Å². The number of hydrogen-bond acceptors (Lipinski definition) is 8. The van der Waals surface area contributed by atoms with Gasteiger partial charge in [-0.2, -0.15) is 13.2 Å². The Morgan fingerprint density at radius 2 is 1.63 bits per heavy atom. The van der Waals surface area contributed by atoms with Crippen molar-refractivity contribution in [2.45, 2.75) is 43.9 Å². The van der Waals surface area contributed by atoms with Gasteiger partial charge in [0.25, 0.3) is 15.8 Å². The summed E-state index contributed by atoms with van der Waals surface area (Å²) >= 11 is 0. The van der Waals surface area contributed by atoms with Gasteiger partial charge in [0.2, 0.25) is 0 Å². The van der Waals surface area contributed by atoms with Gasteiger partial charge in [-0.3, -0.25) is 15.0 Å². The number of fused-ring (bicyclic) bond motifs is 1. The summed E-state index contributed by atoms with van der Waals surface area (Å²) in [5.74, 6) is -7.46. The number of hydrogen-bond donors (Lipinski definition) is 2. The lowest BCUT2D eigenvalue weighted by molar-refractivity contribution is -0.178. The third kappa shape index (κ3) is 6.11. The van der Waals surface area contributed by atoms with Crippen molar-refractivity contribution in [3.8, 4) is 0 Å². The lowest BCUT2D eigenvalue weighted by Gasteiger charge is -2.19. The number of rotatable bonds is 8. The number of carbonyl (C=O) groups excluding carboxylic acids is 2. The number of aryl methyl sites for hydroxylation is 1. The molecule has 1 heterocycles. The maximum atomic E-state index is 13.3. The summed E-state index contributed by atoms with van der Waals surface area (Å²) in [6, 6.07) is 11.9. The zero-order valence-corrected chi connectivity index (χ0v) is 19.6. The van der Waals surface area contributed by atoms with Crippen molar-refractivity contribution >= 4 is 38.5 Å². The molecule has 1 unspecified atom stereocenters. The predicted octanol–water partition coefficient (Wildman–Crippen LogP) is 3.41. The van der Waals surface area contributed by atoms with Gasteiger partial charge >= 0.3 is 12.1 Å². The fourth-order valence-electron chi connectivity index (χ4n) is 3.00. The highest BCUT2D eigenvalue weighted by Gasteiger charge is 2.49. The molecule has 0 aliphatic carbocycles. The van der Waals surface area contributed by atoms with Gasteiger partial charge in [0.05, 0.1) is 16.5 Å². The lowest BCUT2D eigenvalue weighted by atomic mass is 10.0. The van der Waals surface area contributed by atoms with E-state index in [1.165, 1.54) is 44.2 Å².